The maximum atomic E-state index is 13.8. The molecule has 1 aliphatic rings. The molecule has 0 fully saturated rings. The second kappa shape index (κ2) is 8.58. The van der Waals surface area contributed by atoms with E-state index < -0.39 is 35.4 Å². The number of hydrogen-bond donors (Lipinski definition) is 1. The molecule has 2 aromatic heterocycles. The molecule has 190 valence electrons. The van der Waals surface area contributed by atoms with Crippen molar-refractivity contribution in [1.82, 2.24) is 25.1 Å². The lowest BCUT2D eigenvalue weighted by molar-refractivity contribution is -0.138. The van der Waals surface area contributed by atoms with Crippen molar-refractivity contribution in [3.8, 4) is 22.5 Å². The fraction of sp³-hybridized carbons (Fsp3) is 0.167. The van der Waals surface area contributed by atoms with Gasteiger partial charge in [-0.25, -0.2) is 4.98 Å². The Bertz CT molecular complexity index is 1550. The van der Waals surface area contributed by atoms with Crippen LogP contribution in [0.5, 0.6) is 0 Å². The molecule has 2 aromatic carbocycles. The Balaban J connectivity index is 1.72. The van der Waals surface area contributed by atoms with Gasteiger partial charge in [-0.15, -0.1) is 10.2 Å². The van der Waals surface area contributed by atoms with Gasteiger partial charge in [0, 0.05) is 23.7 Å². The zero-order valence-corrected chi connectivity index (χ0v) is 19.4. The summed E-state index contributed by atoms with van der Waals surface area (Å²) < 4.78 is 83.6. The number of pyridine rings is 1. The zero-order chi connectivity index (χ0) is 26.7. The van der Waals surface area contributed by atoms with Gasteiger partial charge >= 0.3 is 12.4 Å². The molecule has 5 rings (SSSR count). The molecule has 1 unspecified atom stereocenters. The monoisotopic (exact) mass is 537 g/mol. The van der Waals surface area contributed by atoms with Gasteiger partial charge in [0.1, 0.15) is 11.5 Å². The Morgan fingerprint density at radius 3 is 2.35 bits per heavy atom. The van der Waals surface area contributed by atoms with Crippen LogP contribution in [-0.2, 0) is 19.4 Å². The molecule has 0 aliphatic carbocycles. The number of hydrogen-bond acceptors (Lipinski definition) is 4. The molecular weight excluding hydrogens is 524 g/mol. The van der Waals surface area contributed by atoms with Crippen LogP contribution < -0.4 is 5.32 Å². The average molecular weight is 538 g/mol. The maximum absolute atomic E-state index is 13.8. The summed E-state index contributed by atoms with van der Waals surface area (Å²) in [6, 6.07) is 7.48. The van der Waals surface area contributed by atoms with Gasteiger partial charge in [0.2, 0.25) is 0 Å². The van der Waals surface area contributed by atoms with Crippen molar-refractivity contribution in [2.75, 3.05) is 0 Å². The molecule has 0 saturated carbocycles. The fourth-order valence-corrected chi connectivity index (χ4v) is 4.54. The minimum absolute atomic E-state index is 0.0464. The number of amides is 1. The molecule has 1 atom stereocenters. The number of carbonyl (C=O) groups is 1. The van der Waals surface area contributed by atoms with Crippen LogP contribution in [0.2, 0.25) is 5.15 Å². The summed E-state index contributed by atoms with van der Waals surface area (Å²) in [5.74, 6) is -0.495. The first-order valence-corrected chi connectivity index (χ1v) is 11.0. The molecule has 1 amide bonds. The van der Waals surface area contributed by atoms with Crippen molar-refractivity contribution in [3.63, 3.8) is 0 Å². The number of aromatic nitrogens is 4. The van der Waals surface area contributed by atoms with Crippen LogP contribution in [0.25, 0.3) is 22.5 Å². The molecule has 0 saturated heterocycles. The van der Waals surface area contributed by atoms with Crippen LogP contribution in [0, 0.1) is 0 Å². The third kappa shape index (κ3) is 4.41. The van der Waals surface area contributed by atoms with Crippen molar-refractivity contribution in [1.29, 1.82) is 0 Å². The molecule has 13 heteroatoms. The summed E-state index contributed by atoms with van der Waals surface area (Å²) in [6.07, 6.45) is -8.07. The Labute approximate surface area is 209 Å². The molecular formula is C24H14ClF6N5O. The highest BCUT2D eigenvalue weighted by Gasteiger charge is 2.42. The first-order chi connectivity index (χ1) is 17.3. The third-order valence-electron chi connectivity index (χ3n) is 5.94. The van der Waals surface area contributed by atoms with Crippen LogP contribution in [0.4, 0.5) is 26.3 Å². The van der Waals surface area contributed by atoms with Crippen molar-refractivity contribution in [3.05, 3.63) is 88.0 Å². The predicted molar refractivity (Wildman–Crippen MR) is 120 cm³/mol. The van der Waals surface area contributed by atoms with Gasteiger partial charge in [0.25, 0.3) is 5.91 Å². The first kappa shape index (κ1) is 24.8. The summed E-state index contributed by atoms with van der Waals surface area (Å²) in [7, 11) is 1.60. The van der Waals surface area contributed by atoms with Gasteiger partial charge in [0.05, 0.1) is 22.9 Å². The minimum atomic E-state index is -4.77. The van der Waals surface area contributed by atoms with Gasteiger partial charge in [-0.05, 0) is 53.6 Å². The van der Waals surface area contributed by atoms with E-state index in [4.69, 9.17) is 11.6 Å². The SMILES string of the molecule is Cn1cnnc1-c1ccc(C(F)(F)F)cc1-c1cc(Cl)nc(C2NC(=O)c3cccc(C(F)(F)F)c32)c1. The number of fused-ring (bicyclic) bond motifs is 1. The normalized spacial score (nSPS) is 15.6. The highest BCUT2D eigenvalue weighted by atomic mass is 35.5. The Hall–Kier alpha value is -3.93. The third-order valence-corrected chi connectivity index (χ3v) is 6.13. The lowest BCUT2D eigenvalue weighted by Gasteiger charge is -2.19. The largest absolute Gasteiger partial charge is 0.416 e. The van der Waals surface area contributed by atoms with Gasteiger partial charge < -0.3 is 9.88 Å². The summed E-state index contributed by atoms with van der Waals surface area (Å²) in [5, 5.41) is 10.0. The van der Waals surface area contributed by atoms with Crippen molar-refractivity contribution in [2.45, 2.75) is 18.4 Å². The van der Waals surface area contributed by atoms with E-state index in [0.29, 0.717) is 0 Å². The van der Waals surface area contributed by atoms with Gasteiger partial charge in [0.15, 0.2) is 5.82 Å². The van der Waals surface area contributed by atoms with Crippen molar-refractivity contribution >= 4 is 17.5 Å². The first-order valence-electron chi connectivity index (χ1n) is 10.6. The molecule has 6 nitrogen and oxygen atoms in total. The van der Waals surface area contributed by atoms with Crippen LogP contribution in [-0.4, -0.2) is 25.7 Å². The number of alkyl halides is 6. The highest BCUT2D eigenvalue weighted by Crippen LogP contribution is 2.43. The predicted octanol–water partition coefficient (Wildman–Crippen LogP) is 6.07. The summed E-state index contributed by atoms with van der Waals surface area (Å²) >= 11 is 6.21. The summed E-state index contributed by atoms with van der Waals surface area (Å²) in [6.45, 7) is 0. The molecule has 0 spiro atoms. The Morgan fingerprint density at radius 2 is 1.70 bits per heavy atom. The summed E-state index contributed by atoms with van der Waals surface area (Å²) in [4.78, 5) is 16.6. The number of nitrogens with zero attached hydrogens (tertiary/aromatic N) is 4. The number of benzene rings is 2. The number of aryl methyl sites for hydroxylation is 1. The molecule has 0 bridgehead atoms. The number of rotatable bonds is 3. The summed E-state index contributed by atoms with van der Waals surface area (Å²) in [5.41, 5.74) is -2.13. The fourth-order valence-electron chi connectivity index (χ4n) is 4.33. The smallest absolute Gasteiger partial charge is 0.339 e. The molecule has 1 aliphatic heterocycles. The topological polar surface area (TPSA) is 72.7 Å². The van der Waals surface area contributed by atoms with Crippen molar-refractivity contribution in [2.24, 2.45) is 7.05 Å². The maximum Gasteiger partial charge on any atom is 0.416 e. The van der Waals surface area contributed by atoms with Crippen LogP contribution in [0.15, 0.2) is 54.9 Å². The second-order valence-electron chi connectivity index (χ2n) is 8.30. The number of halogens is 7. The Morgan fingerprint density at radius 1 is 0.946 bits per heavy atom. The van der Waals surface area contributed by atoms with E-state index in [2.05, 4.69) is 20.5 Å². The lowest BCUT2D eigenvalue weighted by atomic mass is 9.93. The van der Waals surface area contributed by atoms with Gasteiger partial charge in [-0.3, -0.25) is 4.79 Å². The highest BCUT2D eigenvalue weighted by molar-refractivity contribution is 6.29. The molecule has 0 radical (unpaired) electrons. The van der Waals surface area contributed by atoms with Gasteiger partial charge in [-0.1, -0.05) is 17.7 Å². The van der Waals surface area contributed by atoms with E-state index in [1.807, 2.05) is 0 Å². The molecule has 1 N–H and O–H groups in total. The Kier molecular flexibility index (Phi) is 5.74. The van der Waals surface area contributed by atoms with Crippen LogP contribution in [0.3, 0.4) is 0 Å². The number of nitrogens with one attached hydrogen (secondary N) is 1. The lowest BCUT2D eigenvalue weighted by Crippen LogP contribution is -2.22. The standard InChI is InChI=1S/C24H14ClF6N5O/c1-36-10-32-35-21(36)13-6-5-12(23(26,27)28)9-15(13)11-7-17(33-18(25)8-11)20-19-14(22(37)34-20)3-2-4-16(19)24(29,30)31/h2-10,20H,1H3,(H,34,37). The minimum Gasteiger partial charge on any atom is -0.339 e. The van der Waals surface area contributed by atoms with E-state index in [1.54, 1.807) is 7.05 Å². The molecule has 37 heavy (non-hydrogen) atoms. The second-order valence-corrected chi connectivity index (χ2v) is 8.69. The van der Waals surface area contributed by atoms with Crippen LogP contribution in [0.1, 0.15) is 38.8 Å². The van der Waals surface area contributed by atoms with E-state index in [9.17, 15) is 31.1 Å². The zero-order valence-electron chi connectivity index (χ0n) is 18.6. The molecule has 4 aromatic rings. The van der Waals surface area contributed by atoms with Crippen LogP contribution >= 0.6 is 11.6 Å². The van der Waals surface area contributed by atoms with Gasteiger partial charge in [-0.2, -0.15) is 26.3 Å². The van der Waals surface area contributed by atoms with E-state index in [1.165, 1.54) is 35.2 Å². The van der Waals surface area contributed by atoms with E-state index >= 15 is 0 Å². The average Bonchev–Trinajstić information content (AvgIpc) is 3.40. The van der Waals surface area contributed by atoms with E-state index in [-0.39, 0.29) is 44.5 Å². The molecule has 3 heterocycles. The number of carbonyl (C=O) groups excluding carboxylic acids is 1. The van der Waals surface area contributed by atoms with E-state index in [0.717, 1.165) is 24.3 Å². The quantitative estimate of drug-likeness (QED) is 0.254. The van der Waals surface area contributed by atoms with Crippen molar-refractivity contribution < 1.29 is 31.1 Å².